The molecule has 1 atom stereocenters. The van der Waals surface area contributed by atoms with E-state index in [1.165, 1.54) is 18.2 Å². The molecule has 0 saturated heterocycles. The summed E-state index contributed by atoms with van der Waals surface area (Å²) in [5.41, 5.74) is -1.43. The predicted molar refractivity (Wildman–Crippen MR) is 91.0 cm³/mol. The summed E-state index contributed by atoms with van der Waals surface area (Å²) < 4.78 is 84.1. The van der Waals surface area contributed by atoms with E-state index in [0.29, 0.717) is 0 Å². The number of hydrogen-bond acceptors (Lipinski definition) is 6. The Morgan fingerprint density at radius 1 is 1.07 bits per heavy atom. The third-order valence-corrected chi connectivity index (χ3v) is 3.68. The quantitative estimate of drug-likeness (QED) is 0.305. The minimum absolute atomic E-state index is 0.358. The van der Waals surface area contributed by atoms with Gasteiger partial charge in [-0.3, -0.25) is 14.6 Å². The SMILES string of the molecule is COC(=O)C(C(=O)c1ncccc1NCC(F)(F)F)c1ccccc1OC(F)(F)F. The molecular formula is C18H14F6N2O4. The predicted octanol–water partition coefficient (Wildman–Crippen LogP) is 4.09. The molecule has 0 saturated carbocycles. The Balaban J connectivity index is 2.51. The van der Waals surface area contributed by atoms with Crippen LogP contribution in [0.5, 0.6) is 5.75 Å². The Morgan fingerprint density at radius 3 is 2.33 bits per heavy atom. The number of para-hydroxylation sites is 1. The number of esters is 1. The van der Waals surface area contributed by atoms with E-state index in [1.54, 1.807) is 0 Å². The fourth-order valence-corrected chi connectivity index (χ4v) is 2.51. The van der Waals surface area contributed by atoms with Crippen molar-refractivity contribution in [1.29, 1.82) is 0 Å². The fraction of sp³-hybridized carbons (Fsp3) is 0.278. The zero-order valence-electron chi connectivity index (χ0n) is 15.2. The molecule has 162 valence electrons. The number of ether oxygens (including phenoxy) is 2. The van der Waals surface area contributed by atoms with E-state index in [4.69, 9.17) is 0 Å². The maximum Gasteiger partial charge on any atom is 0.573 e. The van der Waals surface area contributed by atoms with Gasteiger partial charge in [-0.05, 0) is 18.2 Å². The van der Waals surface area contributed by atoms with Gasteiger partial charge in [-0.1, -0.05) is 18.2 Å². The van der Waals surface area contributed by atoms with Gasteiger partial charge in [0.1, 0.15) is 18.0 Å². The standard InChI is InChI=1S/C18H14F6N2O4/c1-29-16(28)13(10-5-2-3-7-12(10)30-18(22,23)24)15(27)14-11(6-4-8-25-14)26-9-17(19,20)21/h2-8,13,26H,9H2,1H3. The van der Waals surface area contributed by atoms with Crippen molar-refractivity contribution in [3.63, 3.8) is 0 Å². The van der Waals surface area contributed by atoms with Crippen molar-refractivity contribution in [3.05, 3.63) is 53.9 Å². The first-order valence-corrected chi connectivity index (χ1v) is 8.15. The number of ketones is 1. The molecular weight excluding hydrogens is 422 g/mol. The van der Waals surface area contributed by atoms with Crippen molar-refractivity contribution in [2.75, 3.05) is 19.0 Å². The average Bonchev–Trinajstić information content (AvgIpc) is 2.66. The van der Waals surface area contributed by atoms with E-state index in [2.05, 4.69) is 14.5 Å². The maximum atomic E-state index is 13.0. The average molecular weight is 436 g/mol. The number of pyridine rings is 1. The van der Waals surface area contributed by atoms with Crippen LogP contribution in [-0.4, -0.2) is 42.9 Å². The monoisotopic (exact) mass is 436 g/mol. The lowest BCUT2D eigenvalue weighted by molar-refractivity contribution is -0.275. The van der Waals surface area contributed by atoms with Crippen molar-refractivity contribution >= 4 is 17.4 Å². The highest BCUT2D eigenvalue weighted by Gasteiger charge is 2.38. The second kappa shape index (κ2) is 9.01. The summed E-state index contributed by atoms with van der Waals surface area (Å²) in [5.74, 6) is -5.22. The first-order chi connectivity index (χ1) is 13.9. The van der Waals surface area contributed by atoms with E-state index in [0.717, 1.165) is 31.5 Å². The topological polar surface area (TPSA) is 77.5 Å². The van der Waals surface area contributed by atoms with Gasteiger partial charge in [0.05, 0.1) is 12.8 Å². The van der Waals surface area contributed by atoms with Crippen LogP contribution in [0.15, 0.2) is 42.6 Å². The summed E-state index contributed by atoms with van der Waals surface area (Å²) in [4.78, 5) is 28.9. The summed E-state index contributed by atoms with van der Waals surface area (Å²) >= 11 is 0. The molecule has 2 rings (SSSR count). The lowest BCUT2D eigenvalue weighted by Gasteiger charge is -2.20. The van der Waals surface area contributed by atoms with Crippen LogP contribution in [-0.2, 0) is 9.53 Å². The molecule has 30 heavy (non-hydrogen) atoms. The molecule has 0 spiro atoms. The van der Waals surface area contributed by atoms with Crippen LogP contribution in [0.25, 0.3) is 0 Å². The van der Waals surface area contributed by atoms with Gasteiger partial charge in [0.15, 0.2) is 5.92 Å². The number of rotatable bonds is 7. The second-order valence-electron chi connectivity index (χ2n) is 5.77. The summed E-state index contributed by atoms with van der Waals surface area (Å²) in [6.45, 7) is -1.50. The molecule has 0 aliphatic heterocycles. The van der Waals surface area contributed by atoms with E-state index in [1.807, 2.05) is 5.32 Å². The number of nitrogens with one attached hydrogen (secondary N) is 1. The third-order valence-electron chi connectivity index (χ3n) is 3.68. The van der Waals surface area contributed by atoms with Gasteiger partial charge in [0, 0.05) is 11.8 Å². The molecule has 0 radical (unpaired) electrons. The number of aromatic nitrogens is 1. The first kappa shape index (κ1) is 23.0. The molecule has 1 aromatic carbocycles. The van der Waals surface area contributed by atoms with Crippen molar-refractivity contribution in [2.45, 2.75) is 18.5 Å². The largest absolute Gasteiger partial charge is 0.573 e. The lowest BCUT2D eigenvalue weighted by Crippen LogP contribution is -2.28. The number of nitrogens with zero attached hydrogens (tertiary/aromatic N) is 1. The smallest absolute Gasteiger partial charge is 0.468 e. The summed E-state index contributed by atoms with van der Waals surface area (Å²) in [7, 11) is 0.900. The number of benzene rings is 1. The molecule has 12 heteroatoms. The van der Waals surface area contributed by atoms with Gasteiger partial charge in [-0.2, -0.15) is 13.2 Å². The van der Waals surface area contributed by atoms with Crippen LogP contribution in [0.1, 0.15) is 22.0 Å². The van der Waals surface area contributed by atoms with E-state index < -0.39 is 53.8 Å². The van der Waals surface area contributed by atoms with E-state index in [-0.39, 0.29) is 5.69 Å². The van der Waals surface area contributed by atoms with Gasteiger partial charge < -0.3 is 14.8 Å². The van der Waals surface area contributed by atoms with Gasteiger partial charge in [-0.25, -0.2) is 0 Å². The molecule has 1 N–H and O–H groups in total. The zero-order chi connectivity index (χ0) is 22.5. The molecule has 0 aliphatic rings. The number of halogens is 6. The molecule has 2 aromatic rings. The van der Waals surface area contributed by atoms with Crippen LogP contribution in [0.4, 0.5) is 32.0 Å². The van der Waals surface area contributed by atoms with E-state index >= 15 is 0 Å². The van der Waals surface area contributed by atoms with Crippen LogP contribution >= 0.6 is 0 Å². The molecule has 0 aliphatic carbocycles. The fourth-order valence-electron chi connectivity index (χ4n) is 2.51. The van der Waals surface area contributed by atoms with Gasteiger partial charge in [0.2, 0.25) is 5.78 Å². The number of carbonyl (C=O) groups excluding carboxylic acids is 2. The summed E-state index contributed by atoms with van der Waals surface area (Å²) in [6, 6.07) is 6.70. The number of carbonyl (C=O) groups is 2. The highest BCUT2D eigenvalue weighted by atomic mass is 19.4. The second-order valence-corrected chi connectivity index (χ2v) is 5.77. The minimum Gasteiger partial charge on any atom is -0.468 e. The highest BCUT2D eigenvalue weighted by molar-refractivity contribution is 6.14. The van der Waals surface area contributed by atoms with Gasteiger partial charge in [0.25, 0.3) is 0 Å². The number of anilines is 1. The molecule has 1 heterocycles. The lowest BCUT2D eigenvalue weighted by atomic mass is 9.91. The highest BCUT2D eigenvalue weighted by Crippen LogP contribution is 2.34. The van der Waals surface area contributed by atoms with Crippen LogP contribution < -0.4 is 10.1 Å². The van der Waals surface area contributed by atoms with Gasteiger partial charge in [-0.15, -0.1) is 13.2 Å². The summed E-state index contributed by atoms with van der Waals surface area (Å²) in [6.07, 6.45) is -8.66. The Kier molecular flexibility index (Phi) is 6.90. The molecule has 1 unspecified atom stereocenters. The Morgan fingerprint density at radius 2 is 1.73 bits per heavy atom. The van der Waals surface area contributed by atoms with Crippen molar-refractivity contribution < 1.29 is 45.4 Å². The number of Topliss-reactive ketones (excluding diaryl/α,β-unsaturated/α-hetero) is 1. The zero-order valence-corrected chi connectivity index (χ0v) is 15.2. The molecule has 0 fully saturated rings. The third kappa shape index (κ3) is 6.09. The molecule has 6 nitrogen and oxygen atoms in total. The van der Waals surface area contributed by atoms with Crippen LogP contribution in [0.2, 0.25) is 0 Å². The Hall–Kier alpha value is -3.31. The molecule has 1 aromatic heterocycles. The molecule has 0 bridgehead atoms. The first-order valence-electron chi connectivity index (χ1n) is 8.15. The van der Waals surface area contributed by atoms with Crippen LogP contribution in [0.3, 0.4) is 0 Å². The van der Waals surface area contributed by atoms with Gasteiger partial charge >= 0.3 is 18.5 Å². The number of alkyl halides is 6. The Labute approximate surface area is 165 Å². The van der Waals surface area contributed by atoms with Crippen molar-refractivity contribution in [1.82, 2.24) is 4.98 Å². The summed E-state index contributed by atoms with van der Waals surface area (Å²) in [5, 5.41) is 1.98. The Bertz CT molecular complexity index is 914. The number of hydrogen-bond donors (Lipinski definition) is 1. The normalized spacial score (nSPS) is 12.8. The minimum atomic E-state index is -5.12. The number of methoxy groups -OCH3 is 1. The van der Waals surface area contributed by atoms with E-state index in [9.17, 15) is 35.9 Å². The van der Waals surface area contributed by atoms with Crippen molar-refractivity contribution in [2.24, 2.45) is 0 Å². The van der Waals surface area contributed by atoms with Crippen LogP contribution in [0, 0.1) is 0 Å². The maximum absolute atomic E-state index is 13.0. The van der Waals surface area contributed by atoms with Crippen molar-refractivity contribution in [3.8, 4) is 5.75 Å². The molecule has 0 amide bonds.